The van der Waals surface area contributed by atoms with E-state index < -0.39 is 5.69 Å². The van der Waals surface area contributed by atoms with Gasteiger partial charge in [-0.1, -0.05) is 12.1 Å². The first kappa shape index (κ1) is 20.8. The molecular weight excluding hydrogens is 376 g/mol. The molecule has 3 rings (SSSR count). The van der Waals surface area contributed by atoms with Gasteiger partial charge in [-0.25, -0.2) is 9.78 Å². The van der Waals surface area contributed by atoms with Gasteiger partial charge in [0.1, 0.15) is 12.4 Å². The first-order valence-corrected chi connectivity index (χ1v) is 9.45. The fourth-order valence-corrected chi connectivity index (χ4v) is 2.97. The molecule has 1 aromatic carbocycles. The van der Waals surface area contributed by atoms with Gasteiger partial charge in [0.25, 0.3) is 5.56 Å². The summed E-state index contributed by atoms with van der Waals surface area (Å²) in [6, 6.07) is 7.87. The van der Waals surface area contributed by atoms with Crippen LogP contribution in [0.25, 0.3) is 11.2 Å². The van der Waals surface area contributed by atoms with Crippen molar-refractivity contribution in [3.63, 3.8) is 0 Å². The topological polar surface area (TPSA) is 89.5 Å². The fourth-order valence-electron chi connectivity index (χ4n) is 2.97. The van der Waals surface area contributed by atoms with E-state index in [4.69, 9.17) is 14.2 Å². The summed E-state index contributed by atoms with van der Waals surface area (Å²) in [5.41, 5.74) is 1.16. The Balaban J connectivity index is 1.37. The van der Waals surface area contributed by atoms with Gasteiger partial charge in [0.15, 0.2) is 11.2 Å². The van der Waals surface area contributed by atoms with Crippen molar-refractivity contribution in [2.75, 3.05) is 33.0 Å². The molecule has 0 aliphatic rings. The molecule has 0 saturated carbocycles. The molecule has 2 heterocycles. The number of aromatic nitrogens is 4. The number of aryl methyl sites for hydroxylation is 2. The lowest BCUT2D eigenvalue weighted by Crippen LogP contribution is -2.37. The van der Waals surface area contributed by atoms with Crippen LogP contribution in [0.4, 0.5) is 0 Å². The van der Waals surface area contributed by atoms with Gasteiger partial charge >= 0.3 is 5.69 Å². The molecule has 0 N–H and O–H groups in total. The third-order valence-electron chi connectivity index (χ3n) is 4.55. The highest BCUT2D eigenvalue weighted by Gasteiger charge is 2.13. The highest BCUT2D eigenvalue weighted by atomic mass is 16.5. The Morgan fingerprint density at radius 3 is 2.45 bits per heavy atom. The molecule has 0 aliphatic heterocycles. The van der Waals surface area contributed by atoms with Crippen LogP contribution >= 0.6 is 0 Å². The molecule has 0 atom stereocenters. The van der Waals surface area contributed by atoms with Crippen LogP contribution in [0, 0.1) is 6.92 Å². The van der Waals surface area contributed by atoms with Crippen LogP contribution in [0.1, 0.15) is 5.56 Å². The van der Waals surface area contributed by atoms with Gasteiger partial charge in [0, 0.05) is 20.6 Å². The van der Waals surface area contributed by atoms with Crippen LogP contribution in [-0.2, 0) is 30.1 Å². The normalized spacial score (nSPS) is 11.3. The van der Waals surface area contributed by atoms with Crippen LogP contribution in [0.5, 0.6) is 5.75 Å². The Bertz CT molecular complexity index is 1080. The van der Waals surface area contributed by atoms with Crippen LogP contribution in [0.15, 0.2) is 40.2 Å². The molecule has 0 aliphatic carbocycles. The molecule has 0 saturated heterocycles. The number of fused-ring (bicyclic) bond motifs is 1. The zero-order valence-corrected chi connectivity index (χ0v) is 17.0. The maximum atomic E-state index is 12.4. The van der Waals surface area contributed by atoms with E-state index in [2.05, 4.69) is 4.98 Å². The Morgan fingerprint density at radius 1 is 0.966 bits per heavy atom. The molecule has 0 spiro atoms. The van der Waals surface area contributed by atoms with Crippen LogP contribution < -0.4 is 16.0 Å². The SMILES string of the molecule is Cc1cccc(OCCOCCOCCn2cnc3c2c(=O)n(C)c(=O)n3C)c1. The van der Waals surface area contributed by atoms with E-state index in [9.17, 15) is 9.59 Å². The maximum Gasteiger partial charge on any atom is 0.332 e. The van der Waals surface area contributed by atoms with Crippen molar-refractivity contribution in [3.8, 4) is 5.75 Å². The van der Waals surface area contributed by atoms with Gasteiger partial charge in [-0.05, 0) is 24.6 Å². The number of ether oxygens (including phenoxy) is 3. The van der Waals surface area contributed by atoms with Crippen LogP contribution in [-0.4, -0.2) is 51.7 Å². The minimum Gasteiger partial charge on any atom is -0.491 e. The van der Waals surface area contributed by atoms with Crippen molar-refractivity contribution in [1.29, 1.82) is 0 Å². The summed E-state index contributed by atoms with van der Waals surface area (Å²) in [6.45, 7) is 4.74. The highest BCUT2D eigenvalue weighted by Crippen LogP contribution is 2.11. The number of benzene rings is 1. The molecule has 0 bridgehead atoms. The maximum absolute atomic E-state index is 12.4. The summed E-state index contributed by atoms with van der Waals surface area (Å²) in [7, 11) is 3.05. The highest BCUT2D eigenvalue weighted by molar-refractivity contribution is 5.69. The first-order valence-electron chi connectivity index (χ1n) is 9.45. The zero-order chi connectivity index (χ0) is 20.8. The molecule has 0 amide bonds. The van der Waals surface area contributed by atoms with Crippen LogP contribution in [0.3, 0.4) is 0 Å². The largest absolute Gasteiger partial charge is 0.491 e. The number of rotatable bonds is 10. The Morgan fingerprint density at radius 2 is 1.69 bits per heavy atom. The second-order valence-corrected chi connectivity index (χ2v) is 6.71. The molecule has 9 nitrogen and oxygen atoms in total. The smallest absolute Gasteiger partial charge is 0.332 e. The van der Waals surface area contributed by atoms with Crippen molar-refractivity contribution in [3.05, 3.63) is 57.0 Å². The summed E-state index contributed by atoms with van der Waals surface area (Å²) in [5.74, 6) is 0.834. The summed E-state index contributed by atoms with van der Waals surface area (Å²) >= 11 is 0. The lowest BCUT2D eigenvalue weighted by atomic mass is 10.2. The van der Waals surface area contributed by atoms with E-state index in [1.54, 1.807) is 17.9 Å². The third kappa shape index (κ3) is 4.93. The minimum absolute atomic E-state index is 0.363. The summed E-state index contributed by atoms with van der Waals surface area (Å²) in [5, 5.41) is 0. The fraction of sp³-hybridized carbons (Fsp3) is 0.450. The first-order chi connectivity index (χ1) is 14.0. The van der Waals surface area contributed by atoms with Gasteiger partial charge in [-0.3, -0.25) is 13.9 Å². The lowest BCUT2D eigenvalue weighted by molar-refractivity contribution is 0.0342. The molecule has 0 fully saturated rings. The van der Waals surface area contributed by atoms with Crippen molar-refractivity contribution >= 4 is 11.2 Å². The number of nitrogens with zero attached hydrogens (tertiary/aromatic N) is 4. The minimum atomic E-state index is -0.396. The summed E-state index contributed by atoms with van der Waals surface area (Å²) in [6.07, 6.45) is 1.55. The van der Waals surface area contributed by atoms with Crippen molar-refractivity contribution in [1.82, 2.24) is 18.7 Å². The average molecular weight is 402 g/mol. The van der Waals surface area contributed by atoms with Gasteiger partial charge < -0.3 is 18.8 Å². The third-order valence-corrected chi connectivity index (χ3v) is 4.55. The summed E-state index contributed by atoms with van der Waals surface area (Å²) < 4.78 is 20.8. The molecule has 29 heavy (non-hydrogen) atoms. The Hall–Kier alpha value is -2.91. The standard InChI is InChI=1S/C20H26N4O5/c1-15-5-4-6-16(13-15)29-12-11-28-10-9-27-8-7-24-14-21-18-17(24)19(25)23(3)20(26)22(18)2/h4-6,13-14H,7-12H2,1-3H3. The number of imidazole rings is 1. The molecule has 156 valence electrons. The second kappa shape index (κ2) is 9.53. The lowest BCUT2D eigenvalue weighted by Gasteiger charge is -2.09. The van der Waals surface area contributed by atoms with E-state index in [1.807, 2.05) is 31.2 Å². The molecule has 3 aromatic rings. The zero-order valence-electron chi connectivity index (χ0n) is 17.0. The molecule has 0 unspecified atom stereocenters. The summed E-state index contributed by atoms with van der Waals surface area (Å²) in [4.78, 5) is 28.5. The molecule has 0 radical (unpaired) electrons. The van der Waals surface area contributed by atoms with Crippen LogP contribution in [0.2, 0.25) is 0 Å². The Kier molecular flexibility index (Phi) is 6.84. The van der Waals surface area contributed by atoms with Crippen molar-refractivity contribution in [2.45, 2.75) is 13.5 Å². The van der Waals surface area contributed by atoms with E-state index >= 15 is 0 Å². The monoisotopic (exact) mass is 402 g/mol. The molecule has 9 heteroatoms. The number of hydrogen-bond donors (Lipinski definition) is 0. The van der Waals surface area contributed by atoms with Gasteiger partial charge in [-0.15, -0.1) is 0 Å². The van der Waals surface area contributed by atoms with Gasteiger partial charge in [0.2, 0.25) is 0 Å². The Labute approximate surface area is 168 Å². The van der Waals surface area contributed by atoms with E-state index in [1.165, 1.54) is 11.6 Å². The van der Waals surface area contributed by atoms with Crippen molar-refractivity contribution < 1.29 is 14.2 Å². The quantitative estimate of drug-likeness (QED) is 0.467. The van der Waals surface area contributed by atoms with Gasteiger partial charge in [-0.2, -0.15) is 0 Å². The van der Waals surface area contributed by atoms with E-state index in [0.717, 1.165) is 15.9 Å². The van der Waals surface area contributed by atoms with Gasteiger partial charge in [0.05, 0.1) is 32.8 Å². The number of hydrogen-bond acceptors (Lipinski definition) is 6. The predicted molar refractivity (Wildman–Crippen MR) is 109 cm³/mol. The average Bonchev–Trinajstić information content (AvgIpc) is 3.13. The predicted octanol–water partition coefficient (Wildman–Crippen LogP) is 0.854. The molecule has 2 aromatic heterocycles. The van der Waals surface area contributed by atoms with Crippen molar-refractivity contribution in [2.24, 2.45) is 14.1 Å². The second-order valence-electron chi connectivity index (χ2n) is 6.71. The molecular formula is C20H26N4O5. The van der Waals surface area contributed by atoms with E-state index in [-0.39, 0.29) is 5.56 Å². The van der Waals surface area contributed by atoms with E-state index in [0.29, 0.717) is 50.7 Å².